The minimum atomic E-state index is -0.384. The molecule has 0 heterocycles. The number of hydrogen-bond acceptors (Lipinski definition) is 14. The molecule has 2 N–H and O–H groups in total. The Morgan fingerprint density at radius 3 is 0.580 bits per heavy atom. The van der Waals surface area contributed by atoms with Crippen molar-refractivity contribution in [3.8, 4) is 0 Å². The molecule has 0 unspecified atom stereocenters. The Morgan fingerprint density at radius 2 is 0.477 bits per heavy atom. The van der Waals surface area contributed by atoms with Gasteiger partial charge in [0.2, 0.25) is 11.8 Å². The molecule has 88 heavy (non-hydrogen) atoms. The predicted octanol–water partition coefficient (Wildman–Crippen LogP) is 17.1. The molecular formula is C72H142N2O14. The minimum Gasteiger partial charge on any atom is -0.465 e. The summed E-state index contributed by atoms with van der Waals surface area (Å²) < 4.78 is 30.4. The second kappa shape index (κ2) is 38.6. The maximum absolute atomic E-state index is 11.4. The molecule has 0 aliphatic heterocycles. The summed E-state index contributed by atoms with van der Waals surface area (Å²) in [6, 6.07) is 0. The van der Waals surface area contributed by atoms with Gasteiger partial charge in [0.05, 0.1) is 71.1 Å². The van der Waals surface area contributed by atoms with Gasteiger partial charge < -0.3 is 39.1 Å². The van der Waals surface area contributed by atoms with Gasteiger partial charge in [-0.1, -0.05) is 83.1 Å². The van der Waals surface area contributed by atoms with Crippen LogP contribution in [0.4, 0.5) is 0 Å². The van der Waals surface area contributed by atoms with Gasteiger partial charge in [-0.3, -0.25) is 38.4 Å². The quantitative estimate of drug-likeness (QED) is 0.171. The van der Waals surface area contributed by atoms with E-state index < -0.39 is 0 Å². The van der Waals surface area contributed by atoms with Crippen LogP contribution in [0.15, 0.2) is 0 Å². The van der Waals surface area contributed by atoms with Crippen molar-refractivity contribution in [2.24, 2.45) is 66.0 Å². The van der Waals surface area contributed by atoms with E-state index in [9.17, 15) is 38.4 Å². The van der Waals surface area contributed by atoms with Gasteiger partial charge in [-0.25, -0.2) is 0 Å². The molecular weight excluding hydrogens is 1120 g/mol. The lowest BCUT2D eigenvalue weighted by molar-refractivity contribution is -0.157. The highest BCUT2D eigenvalue weighted by atomic mass is 16.6. The van der Waals surface area contributed by atoms with Gasteiger partial charge in [-0.05, 0) is 242 Å². The van der Waals surface area contributed by atoms with Crippen LogP contribution in [0.2, 0.25) is 0 Å². The zero-order valence-electron chi connectivity index (χ0n) is 64.7. The lowest BCUT2D eigenvalue weighted by Gasteiger charge is -2.26. The van der Waals surface area contributed by atoms with Crippen molar-refractivity contribution in [3.63, 3.8) is 0 Å². The van der Waals surface area contributed by atoms with Crippen molar-refractivity contribution in [1.82, 2.24) is 10.6 Å². The van der Waals surface area contributed by atoms with E-state index in [1.807, 2.05) is 277 Å². The zero-order chi connectivity index (χ0) is 72.2. The molecule has 0 atom stereocenters. The fourth-order valence-corrected chi connectivity index (χ4v) is 4.22. The lowest BCUT2D eigenvalue weighted by Crippen LogP contribution is -2.46. The van der Waals surface area contributed by atoms with Crippen molar-refractivity contribution in [2.45, 2.75) is 326 Å². The highest BCUT2D eigenvalue weighted by Gasteiger charge is 2.31. The summed E-state index contributed by atoms with van der Waals surface area (Å²) in [7, 11) is 0. The molecule has 16 heteroatoms. The molecule has 0 radical (unpaired) electrons. The molecule has 0 aromatic rings. The van der Waals surface area contributed by atoms with Crippen molar-refractivity contribution in [1.29, 1.82) is 0 Å². The summed E-state index contributed by atoms with van der Waals surface area (Å²) in [6.07, 6.45) is 4.92. The van der Waals surface area contributed by atoms with Crippen LogP contribution in [-0.4, -0.2) is 97.3 Å². The van der Waals surface area contributed by atoms with Crippen molar-refractivity contribution < 1.29 is 66.8 Å². The largest absolute Gasteiger partial charge is 0.465 e. The number of carbonyl (C=O) groups excluding carboxylic acids is 8. The molecule has 2 aliphatic rings. The van der Waals surface area contributed by atoms with Crippen LogP contribution in [0.1, 0.15) is 303 Å². The number of carbonyl (C=O) groups is 8. The van der Waals surface area contributed by atoms with E-state index in [2.05, 4.69) is 10.6 Å². The topological polar surface area (TPSA) is 216 Å². The van der Waals surface area contributed by atoms with Crippen LogP contribution in [-0.2, 0) is 66.8 Å². The molecule has 2 fully saturated rings. The summed E-state index contributed by atoms with van der Waals surface area (Å²) in [4.78, 5) is 89.8. The summed E-state index contributed by atoms with van der Waals surface area (Å²) in [5.41, 5.74) is -2.88. The molecule has 0 spiro atoms. The third-order valence-corrected chi connectivity index (χ3v) is 10.3. The molecule has 16 nitrogen and oxygen atoms in total. The second-order valence-corrected chi connectivity index (χ2v) is 36.7. The average molecular weight is 1260 g/mol. The Morgan fingerprint density at radius 1 is 0.295 bits per heavy atom. The van der Waals surface area contributed by atoms with Crippen LogP contribution in [0.3, 0.4) is 0 Å². The highest BCUT2D eigenvalue weighted by Crippen LogP contribution is 2.31. The molecule has 0 aromatic carbocycles. The van der Waals surface area contributed by atoms with Gasteiger partial charge in [-0.15, -0.1) is 0 Å². The normalized spacial score (nSPS) is 13.9. The summed E-state index contributed by atoms with van der Waals surface area (Å²) in [5, 5.41) is 5.84. The van der Waals surface area contributed by atoms with Crippen molar-refractivity contribution in [2.75, 3.05) is 26.4 Å². The van der Waals surface area contributed by atoms with E-state index in [0.717, 1.165) is 0 Å². The second-order valence-electron chi connectivity index (χ2n) is 36.7. The van der Waals surface area contributed by atoms with E-state index in [1.54, 1.807) is 0 Å². The van der Waals surface area contributed by atoms with Crippen LogP contribution >= 0.6 is 0 Å². The van der Waals surface area contributed by atoms with Crippen molar-refractivity contribution >= 4 is 47.6 Å². The molecule has 0 bridgehead atoms. The van der Waals surface area contributed by atoms with Gasteiger partial charge in [0, 0.05) is 21.9 Å². The van der Waals surface area contributed by atoms with Crippen LogP contribution in [0.25, 0.3) is 0 Å². The van der Waals surface area contributed by atoms with Crippen molar-refractivity contribution in [3.05, 3.63) is 0 Å². The van der Waals surface area contributed by atoms with E-state index >= 15 is 0 Å². The number of ether oxygens (including phenoxy) is 6. The molecule has 2 aliphatic carbocycles. The molecule has 0 aromatic heterocycles. The molecule has 2 amide bonds. The zero-order valence-corrected chi connectivity index (χ0v) is 64.7. The maximum atomic E-state index is 11.4. The minimum absolute atomic E-state index is 0.00766. The van der Waals surface area contributed by atoms with Gasteiger partial charge in [0.25, 0.3) is 0 Å². The number of amides is 2. The van der Waals surface area contributed by atoms with E-state index in [0.29, 0.717) is 38.3 Å². The Hall–Kier alpha value is -4.24. The van der Waals surface area contributed by atoms with Crippen LogP contribution < -0.4 is 10.6 Å². The third kappa shape index (κ3) is 66.2. The Balaban J connectivity index is -0.000000218. The Labute approximate surface area is 541 Å². The highest BCUT2D eigenvalue weighted by molar-refractivity contribution is 5.82. The standard InChI is InChI=1S/2C10H20O2.2C9H19NO.2C9H16O2.2C8H16O2/c2*1-9(2,3)7-12-8(11)10(4,5)6;2*1-8(2,3)7(11)10-9(4,5)6;2*1-9(2,3)8(10)11-6-7-4-5-7;2*1-6(2)10-7(9)8(3,4)5/h2*7H2,1-6H3;2*1-6H3,(H,10,11);2*7H,4-6H2,1-3H3;2*6H,1-5H3. The molecule has 524 valence electrons. The smallest absolute Gasteiger partial charge is 0.311 e. The fourth-order valence-electron chi connectivity index (χ4n) is 4.22. The first-order chi connectivity index (χ1) is 38.2. The first-order valence-electron chi connectivity index (χ1n) is 31.9. The van der Waals surface area contributed by atoms with Gasteiger partial charge in [0.1, 0.15) is 0 Å². The monoisotopic (exact) mass is 1260 g/mol. The van der Waals surface area contributed by atoms with Crippen LogP contribution in [0, 0.1) is 66.0 Å². The molecule has 2 saturated carbocycles. The number of esters is 6. The SMILES string of the molecule is CC(C)(C)C(=O)OCC1CC1.CC(C)(C)C(=O)OCC1CC1.CC(C)(C)COC(=O)C(C)(C)C.CC(C)(C)COC(=O)C(C)(C)C.CC(C)(C)NC(=O)C(C)(C)C.CC(C)(C)NC(=O)C(C)(C)C.CC(C)OC(=O)C(C)(C)C.CC(C)OC(=O)C(C)(C)C. The average Bonchev–Trinajstić information content (AvgIpc) is 4.19. The van der Waals surface area contributed by atoms with E-state index in [4.69, 9.17) is 28.4 Å². The molecule has 0 saturated heterocycles. The Kier molecular flexibility index (Phi) is 41.6. The van der Waals surface area contributed by atoms with Gasteiger partial charge in [0.15, 0.2) is 0 Å². The summed E-state index contributed by atoms with van der Waals surface area (Å²) in [6.45, 7) is 78.8. The van der Waals surface area contributed by atoms with Gasteiger partial charge in [-0.2, -0.15) is 0 Å². The van der Waals surface area contributed by atoms with Crippen LogP contribution in [0.5, 0.6) is 0 Å². The molecule has 2 rings (SSSR count). The van der Waals surface area contributed by atoms with Gasteiger partial charge >= 0.3 is 35.8 Å². The number of nitrogens with one attached hydrogen (secondary N) is 2. The first kappa shape index (κ1) is 94.9. The number of hydrogen-bond donors (Lipinski definition) is 2. The third-order valence-electron chi connectivity index (χ3n) is 10.3. The first-order valence-corrected chi connectivity index (χ1v) is 31.9. The lowest BCUT2D eigenvalue weighted by atomic mass is 9.94. The number of rotatable bonds is 8. The predicted molar refractivity (Wildman–Crippen MR) is 362 cm³/mol. The fraction of sp³-hybridized carbons (Fsp3) is 0.889. The van der Waals surface area contributed by atoms with E-state index in [-0.39, 0.29) is 125 Å². The summed E-state index contributed by atoms with van der Waals surface area (Å²) >= 11 is 0. The Bertz CT molecular complexity index is 1900. The van der Waals surface area contributed by atoms with E-state index in [1.165, 1.54) is 25.7 Å². The summed E-state index contributed by atoms with van der Waals surface area (Å²) in [5.74, 6) is 0.853. The maximum Gasteiger partial charge on any atom is 0.311 e.